The lowest BCUT2D eigenvalue weighted by Crippen LogP contribution is -2.25. The highest BCUT2D eigenvalue weighted by Gasteiger charge is 2.33. The highest BCUT2D eigenvalue weighted by atomic mass is 16.3. The summed E-state index contributed by atoms with van der Waals surface area (Å²) < 4.78 is 1.59. The summed E-state index contributed by atoms with van der Waals surface area (Å²) in [4.78, 5) is 21.3. The first-order valence-corrected chi connectivity index (χ1v) is 8.43. The van der Waals surface area contributed by atoms with Crippen LogP contribution in [-0.4, -0.2) is 30.8 Å². The Labute approximate surface area is 150 Å². The molecule has 26 heavy (non-hydrogen) atoms. The molecule has 1 aromatic carbocycles. The first kappa shape index (κ1) is 16.3. The molecule has 2 N–H and O–H groups in total. The van der Waals surface area contributed by atoms with Crippen molar-refractivity contribution in [1.82, 2.24) is 19.7 Å². The fraction of sp³-hybridized carbons (Fsp3) is 0.263. The van der Waals surface area contributed by atoms with Crippen molar-refractivity contribution in [2.75, 3.05) is 5.32 Å². The fourth-order valence-electron chi connectivity index (χ4n) is 3.52. The number of rotatable bonds is 2. The second kappa shape index (κ2) is 5.94. The van der Waals surface area contributed by atoms with Crippen LogP contribution in [0.1, 0.15) is 40.5 Å². The standard InChI is InChI=1S/C19H19N5O2/c1-10-7-11(2)21-19(20-10)24-18-17(12(3)23-24)15(9-16(26)22-18)13-5-4-6-14(25)8-13/h4-8,15,25H,9H2,1-3H3,(H,22,26)/t15-/m0/s1. The van der Waals surface area contributed by atoms with Crippen LogP contribution in [0, 0.1) is 20.8 Å². The van der Waals surface area contributed by atoms with Crippen LogP contribution < -0.4 is 5.32 Å². The second-order valence-corrected chi connectivity index (χ2v) is 6.61. The Hall–Kier alpha value is -3.22. The number of fused-ring (bicyclic) bond motifs is 1. The van der Waals surface area contributed by atoms with Gasteiger partial charge in [0.2, 0.25) is 5.91 Å². The third-order valence-electron chi connectivity index (χ3n) is 4.54. The molecule has 0 fully saturated rings. The third kappa shape index (κ3) is 2.71. The number of carbonyl (C=O) groups is 1. The Morgan fingerprint density at radius 3 is 2.58 bits per heavy atom. The monoisotopic (exact) mass is 349 g/mol. The molecule has 7 nitrogen and oxygen atoms in total. The minimum Gasteiger partial charge on any atom is -0.508 e. The number of hydrogen-bond acceptors (Lipinski definition) is 5. The number of hydrogen-bond donors (Lipinski definition) is 2. The molecule has 4 rings (SSSR count). The number of aromatic nitrogens is 4. The third-order valence-corrected chi connectivity index (χ3v) is 4.54. The van der Waals surface area contributed by atoms with Crippen molar-refractivity contribution in [3.8, 4) is 11.7 Å². The Morgan fingerprint density at radius 1 is 1.15 bits per heavy atom. The summed E-state index contributed by atoms with van der Waals surface area (Å²) in [5, 5.41) is 17.3. The van der Waals surface area contributed by atoms with Crippen molar-refractivity contribution in [2.24, 2.45) is 0 Å². The number of amides is 1. The average Bonchev–Trinajstić information content (AvgIpc) is 2.90. The number of aryl methyl sites for hydroxylation is 3. The number of phenolic OH excluding ortho intramolecular Hbond substituents is 1. The summed E-state index contributed by atoms with van der Waals surface area (Å²) in [6.45, 7) is 5.70. The van der Waals surface area contributed by atoms with E-state index in [1.54, 1.807) is 22.9 Å². The van der Waals surface area contributed by atoms with Gasteiger partial charge in [-0.15, -0.1) is 0 Å². The molecular formula is C19H19N5O2. The molecule has 3 heterocycles. The molecule has 3 aromatic rings. The van der Waals surface area contributed by atoms with E-state index in [0.717, 1.165) is 28.2 Å². The lowest BCUT2D eigenvalue weighted by atomic mass is 9.86. The maximum absolute atomic E-state index is 12.4. The zero-order chi connectivity index (χ0) is 18.4. The number of phenols is 1. The quantitative estimate of drug-likeness (QED) is 0.742. The van der Waals surface area contributed by atoms with E-state index in [9.17, 15) is 9.90 Å². The zero-order valence-corrected chi connectivity index (χ0v) is 14.8. The summed E-state index contributed by atoms with van der Waals surface area (Å²) in [5.74, 6) is 0.931. The number of carbonyl (C=O) groups excluding carboxylic acids is 1. The molecule has 0 radical (unpaired) electrons. The highest BCUT2D eigenvalue weighted by molar-refractivity contribution is 5.95. The molecule has 0 saturated carbocycles. The topological polar surface area (TPSA) is 92.9 Å². The van der Waals surface area contributed by atoms with Crippen LogP contribution in [0.25, 0.3) is 5.95 Å². The van der Waals surface area contributed by atoms with Crippen molar-refractivity contribution in [3.05, 3.63) is 58.5 Å². The molecule has 7 heteroatoms. The van der Waals surface area contributed by atoms with E-state index >= 15 is 0 Å². The van der Waals surface area contributed by atoms with Gasteiger partial charge in [-0.25, -0.2) is 9.97 Å². The van der Waals surface area contributed by atoms with Gasteiger partial charge in [0.25, 0.3) is 5.95 Å². The molecule has 0 saturated heterocycles. The van der Waals surface area contributed by atoms with Crippen molar-refractivity contribution in [3.63, 3.8) is 0 Å². The smallest absolute Gasteiger partial charge is 0.252 e. The SMILES string of the molecule is Cc1cc(C)nc(-n2nc(C)c3c2NC(=O)C[C@H]3c2cccc(O)c2)n1. The predicted molar refractivity (Wildman–Crippen MR) is 96.6 cm³/mol. The van der Waals surface area contributed by atoms with Gasteiger partial charge in [0.15, 0.2) is 0 Å². The Balaban J connectivity index is 1.90. The van der Waals surface area contributed by atoms with E-state index in [4.69, 9.17) is 0 Å². The number of anilines is 1. The summed E-state index contributed by atoms with van der Waals surface area (Å²) in [7, 11) is 0. The second-order valence-electron chi connectivity index (χ2n) is 6.61. The molecule has 1 atom stereocenters. The fourth-order valence-corrected chi connectivity index (χ4v) is 3.52. The lowest BCUT2D eigenvalue weighted by molar-refractivity contribution is -0.116. The van der Waals surface area contributed by atoms with E-state index in [2.05, 4.69) is 20.4 Å². The van der Waals surface area contributed by atoms with Crippen molar-refractivity contribution < 1.29 is 9.90 Å². The molecule has 1 aliphatic rings. The van der Waals surface area contributed by atoms with Crippen molar-refractivity contribution in [2.45, 2.75) is 33.1 Å². The minimum atomic E-state index is -0.175. The van der Waals surface area contributed by atoms with Gasteiger partial charge in [0.05, 0.1) is 5.69 Å². The molecule has 1 aliphatic heterocycles. The molecule has 1 amide bonds. The van der Waals surface area contributed by atoms with E-state index in [1.807, 2.05) is 32.9 Å². The summed E-state index contributed by atoms with van der Waals surface area (Å²) in [5.41, 5.74) is 4.28. The maximum Gasteiger partial charge on any atom is 0.252 e. The van der Waals surface area contributed by atoms with Gasteiger partial charge in [0, 0.05) is 29.3 Å². The predicted octanol–water partition coefficient (Wildman–Crippen LogP) is 2.77. The molecular weight excluding hydrogens is 330 g/mol. The number of nitrogens with one attached hydrogen (secondary N) is 1. The number of benzene rings is 1. The van der Waals surface area contributed by atoms with Crippen LogP contribution >= 0.6 is 0 Å². The van der Waals surface area contributed by atoms with Gasteiger partial charge in [-0.3, -0.25) is 4.79 Å². The summed E-state index contributed by atoms with van der Waals surface area (Å²) in [6.07, 6.45) is 0.302. The number of nitrogens with zero attached hydrogens (tertiary/aromatic N) is 4. The van der Waals surface area contributed by atoms with Crippen molar-refractivity contribution >= 4 is 11.7 Å². The maximum atomic E-state index is 12.4. The molecule has 2 aromatic heterocycles. The molecule has 0 bridgehead atoms. The van der Waals surface area contributed by atoms with Gasteiger partial charge in [0.1, 0.15) is 11.6 Å². The molecule has 132 valence electrons. The van der Waals surface area contributed by atoms with Crippen LogP contribution in [0.5, 0.6) is 5.75 Å². The molecule has 0 unspecified atom stereocenters. The Bertz CT molecular complexity index is 1000. The van der Waals surface area contributed by atoms with Gasteiger partial charge in [-0.05, 0) is 44.5 Å². The van der Waals surface area contributed by atoms with E-state index in [1.165, 1.54) is 0 Å². The van der Waals surface area contributed by atoms with Crippen LogP contribution in [-0.2, 0) is 4.79 Å². The van der Waals surface area contributed by atoms with Crippen LogP contribution in [0.3, 0.4) is 0 Å². The van der Waals surface area contributed by atoms with Gasteiger partial charge in [-0.1, -0.05) is 12.1 Å². The molecule has 0 aliphatic carbocycles. The van der Waals surface area contributed by atoms with E-state index < -0.39 is 0 Å². The molecule has 0 spiro atoms. The zero-order valence-electron chi connectivity index (χ0n) is 14.8. The summed E-state index contributed by atoms with van der Waals surface area (Å²) in [6, 6.07) is 8.89. The highest BCUT2D eigenvalue weighted by Crippen LogP contribution is 2.40. The van der Waals surface area contributed by atoms with E-state index in [-0.39, 0.29) is 17.6 Å². The first-order chi connectivity index (χ1) is 12.4. The summed E-state index contributed by atoms with van der Waals surface area (Å²) >= 11 is 0. The van der Waals surface area contributed by atoms with Crippen molar-refractivity contribution in [1.29, 1.82) is 0 Å². The van der Waals surface area contributed by atoms with Crippen LogP contribution in [0.4, 0.5) is 5.82 Å². The van der Waals surface area contributed by atoms with Gasteiger partial charge in [-0.2, -0.15) is 9.78 Å². The lowest BCUT2D eigenvalue weighted by Gasteiger charge is -2.24. The number of aromatic hydroxyl groups is 1. The largest absolute Gasteiger partial charge is 0.508 e. The Morgan fingerprint density at radius 2 is 1.88 bits per heavy atom. The normalized spacial score (nSPS) is 16.3. The first-order valence-electron chi connectivity index (χ1n) is 8.43. The Kier molecular flexibility index (Phi) is 3.72. The van der Waals surface area contributed by atoms with Gasteiger partial charge >= 0.3 is 0 Å². The van der Waals surface area contributed by atoms with Crippen LogP contribution in [0.2, 0.25) is 0 Å². The van der Waals surface area contributed by atoms with E-state index in [0.29, 0.717) is 18.2 Å². The average molecular weight is 349 g/mol. The van der Waals surface area contributed by atoms with Crippen LogP contribution in [0.15, 0.2) is 30.3 Å². The minimum absolute atomic E-state index is 0.101. The van der Waals surface area contributed by atoms with Gasteiger partial charge < -0.3 is 10.4 Å².